The molecule has 1 aromatic rings. The van der Waals surface area contributed by atoms with Crippen LogP contribution in [0.1, 0.15) is 19.4 Å². The van der Waals surface area contributed by atoms with Crippen molar-refractivity contribution in [3.63, 3.8) is 0 Å². The molecular formula is C17H25N3O3. The maximum Gasteiger partial charge on any atom is 0.239 e. The zero-order valence-electron chi connectivity index (χ0n) is 13.7. The van der Waals surface area contributed by atoms with E-state index < -0.39 is 6.04 Å². The Kier molecular flexibility index (Phi) is 7.83. The van der Waals surface area contributed by atoms with Crippen molar-refractivity contribution in [3.8, 4) is 5.75 Å². The van der Waals surface area contributed by atoms with E-state index in [0.29, 0.717) is 18.9 Å². The van der Waals surface area contributed by atoms with Crippen LogP contribution in [0.25, 0.3) is 0 Å². The third-order valence-electron chi connectivity index (χ3n) is 3.25. The lowest BCUT2D eigenvalue weighted by molar-refractivity contribution is -0.127. The van der Waals surface area contributed by atoms with Crippen LogP contribution in [-0.2, 0) is 16.1 Å². The van der Waals surface area contributed by atoms with E-state index in [4.69, 9.17) is 10.5 Å². The number of carbonyl (C=O) groups is 2. The second-order valence-electron chi connectivity index (χ2n) is 5.47. The number of amides is 2. The van der Waals surface area contributed by atoms with Crippen molar-refractivity contribution in [3.05, 3.63) is 42.5 Å². The Balaban J connectivity index is 2.45. The maximum atomic E-state index is 11.8. The quantitative estimate of drug-likeness (QED) is 0.591. The van der Waals surface area contributed by atoms with Gasteiger partial charge < -0.3 is 21.1 Å². The predicted molar refractivity (Wildman–Crippen MR) is 89.8 cm³/mol. The Labute approximate surface area is 137 Å². The zero-order valence-corrected chi connectivity index (χ0v) is 13.7. The van der Waals surface area contributed by atoms with Gasteiger partial charge in [-0.05, 0) is 12.0 Å². The van der Waals surface area contributed by atoms with Gasteiger partial charge in [-0.2, -0.15) is 0 Å². The normalized spacial score (nSPS) is 11.7. The lowest BCUT2D eigenvalue weighted by Crippen LogP contribution is -2.47. The molecular weight excluding hydrogens is 294 g/mol. The van der Waals surface area contributed by atoms with Crippen molar-refractivity contribution >= 4 is 11.8 Å². The van der Waals surface area contributed by atoms with Gasteiger partial charge in [0, 0.05) is 12.1 Å². The molecule has 1 atom stereocenters. The molecule has 0 aliphatic carbocycles. The van der Waals surface area contributed by atoms with Crippen LogP contribution >= 0.6 is 0 Å². The monoisotopic (exact) mass is 319 g/mol. The van der Waals surface area contributed by atoms with Gasteiger partial charge in [-0.3, -0.25) is 9.59 Å². The fourth-order valence-electron chi connectivity index (χ4n) is 1.78. The molecule has 0 saturated heterocycles. The predicted octanol–water partition coefficient (Wildman–Crippen LogP) is 0.967. The SMILES string of the molecule is C=CCOc1ccccc1CNC(=O)CNC(=O)[C@@H](N)C(C)C. The van der Waals surface area contributed by atoms with Crippen LogP contribution in [0, 0.1) is 5.92 Å². The lowest BCUT2D eigenvalue weighted by Gasteiger charge is -2.15. The number of para-hydroxylation sites is 1. The van der Waals surface area contributed by atoms with Crippen molar-refractivity contribution in [2.24, 2.45) is 11.7 Å². The molecule has 0 fully saturated rings. The van der Waals surface area contributed by atoms with Crippen LogP contribution < -0.4 is 21.1 Å². The summed E-state index contributed by atoms with van der Waals surface area (Å²) < 4.78 is 5.52. The van der Waals surface area contributed by atoms with Crippen LogP contribution in [0.5, 0.6) is 5.75 Å². The Hall–Kier alpha value is -2.34. The first kappa shape index (κ1) is 18.7. The minimum atomic E-state index is -0.615. The van der Waals surface area contributed by atoms with Crippen LogP contribution in [0.3, 0.4) is 0 Å². The molecule has 6 nitrogen and oxygen atoms in total. The molecule has 0 aliphatic heterocycles. The number of rotatable bonds is 9. The Morgan fingerprint density at radius 1 is 1.30 bits per heavy atom. The second kappa shape index (κ2) is 9.63. The summed E-state index contributed by atoms with van der Waals surface area (Å²) in [6, 6.07) is 6.81. The molecule has 0 heterocycles. The van der Waals surface area contributed by atoms with Crippen LogP contribution in [0.4, 0.5) is 0 Å². The summed E-state index contributed by atoms with van der Waals surface area (Å²) in [4.78, 5) is 23.5. The average molecular weight is 319 g/mol. The van der Waals surface area contributed by atoms with E-state index in [2.05, 4.69) is 17.2 Å². The zero-order chi connectivity index (χ0) is 17.2. The molecule has 0 radical (unpaired) electrons. The number of benzene rings is 1. The third kappa shape index (κ3) is 6.52. The van der Waals surface area contributed by atoms with Gasteiger partial charge >= 0.3 is 0 Å². The van der Waals surface area contributed by atoms with E-state index in [9.17, 15) is 9.59 Å². The van der Waals surface area contributed by atoms with Crippen molar-refractivity contribution in [1.29, 1.82) is 0 Å². The van der Waals surface area contributed by atoms with Crippen LogP contribution in [0.2, 0.25) is 0 Å². The molecule has 2 amide bonds. The van der Waals surface area contributed by atoms with E-state index in [1.165, 1.54) is 0 Å². The molecule has 23 heavy (non-hydrogen) atoms. The molecule has 1 rings (SSSR count). The number of hydrogen-bond donors (Lipinski definition) is 3. The molecule has 0 bridgehead atoms. The van der Waals surface area contributed by atoms with Gasteiger partial charge in [0.1, 0.15) is 12.4 Å². The van der Waals surface area contributed by atoms with Crippen molar-refractivity contribution in [2.45, 2.75) is 26.4 Å². The summed E-state index contributed by atoms with van der Waals surface area (Å²) >= 11 is 0. The van der Waals surface area contributed by atoms with E-state index in [0.717, 1.165) is 5.56 Å². The molecule has 6 heteroatoms. The fraction of sp³-hybridized carbons (Fsp3) is 0.412. The summed E-state index contributed by atoms with van der Waals surface area (Å²) in [6.07, 6.45) is 1.66. The van der Waals surface area contributed by atoms with E-state index >= 15 is 0 Å². The molecule has 4 N–H and O–H groups in total. The molecule has 0 spiro atoms. The van der Waals surface area contributed by atoms with Crippen molar-refractivity contribution in [2.75, 3.05) is 13.2 Å². The maximum absolute atomic E-state index is 11.8. The summed E-state index contributed by atoms with van der Waals surface area (Å²) in [5.41, 5.74) is 6.56. The summed E-state index contributed by atoms with van der Waals surface area (Å²) in [5.74, 6) is 0.100. The first-order valence-electron chi connectivity index (χ1n) is 7.57. The van der Waals surface area contributed by atoms with Gasteiger partial charge in [-0.25, -0.2) is 0 Å². The Morgan fingerprint density at radius 2 is 2.00 bits per heavy atom. The second-order valence-corrected chi connectivity index (χ2v) is 5.47. The number of nitrogens with one attached hydrogen (secondary N) is 2. The number of ether oxygens (including phenoxy) is 1. The van der Waals surface area contributed by atoms with Crippen molar-refractivity contribution < 1.29 is 14.3 Å². The highest BCUT2D eigenvalue weighted by molar-refractivity contribution is 5.87. The topological polar surface area (TPSA) is 93.5 Å². The standard InChI is InChI=1S/C17H25N3O3/c1-4-9-23-14-8-6-5-7-13(14)10-19-15(21)11-20-17(22)16(18)12(2)3/h4-8,12,16H,1,9-11,18H2,2-3H3,(H,19,21)(H,20,22)/t16-/m0/s1. The van der Waals surface area contributed by atoms with Gasteiger partial charge in [-0.1, -0.05) is 44.7 Å². The van der Waals surface area contributed by atoms with Gasteiger partial charge in [0.05, 0.1) is 12.6 Å². The largest absolute Gasteiger partial charge is 0.489 e. The van der Waals surface area contributed by atoms with Gasteiger partial charge in [0.15, 0.2) is 0 Å². The lowest BCUT2D eigenvalue weighted by atomic mass is 10.1. The van der Waals surface area contributed by atoms with Crippen LogP contribution in [-0.4, -0.2) is 31.0 Å². The third-order valence-corrected chi connectivity index (χ3v) is 3.25. The average Bonchev–Trinajstić information content (AvgIpc) is 2.55. The Morgan fingerprint density at radius 3 is 2.65 bits per heavy atom. The van der Waals surface area contributed by atoms with Crippen molar-refractivity contribution in [1.82, 2.24) is 10.6 Å². The summed E-state index contributed by atoms with van der Waals surface area (Å²) in [5, 5.41) is 5.27. The van der Waals surface area contributed by atoms with E-state index in [1.807, 2.05) is 38.1 Å². The highest BCUT2D eigenvalue weighted by Crippen LogP contribution is 2.17. The highest BCUT2D eigenvalue weighted by Gasteiger charge is 2.17. The Bertz CT molecular complexity index is 544. The molecule has 0 unspecified atom stereocenters. The summed E-state index contributed by atoms with van der Waals surface area (Å²) in [6.45, 7) is 7.92. The minimum absolute atomic E-state index is 0.0203. The van der Waals surface area contributed by atoms with Gasteiger partial charge in [0.2, 0.25) is 11.8 Å². The van der Waals surface area contributed by atoms with E-state index in [-0.39, 0.29) is 24.3 Å². The number of nitrogens with two attached hydrogens (primary N) is 1. The summed E-state index contributed by atoms with van der Waals surface area (Å²) in [7, 11) is 0. The smallest absolute Gasteiger partial charge is 0.239 e. The number of hydrogen-bond acceptors (Lipinski definition) is 4. The fourth-order valence-corrected chi connectivity index (χ4v) is 1.78. The molecule has 1 aromatic carbocycles. The highest BCUT2D eigenvalue weighted by atomic mass is 16.5. The molecule has 0 saturated carbocycles. The number of carbonyl (C=O) groups excluding carboxylic acids is 2. The first-order valence-corrected chi connectivity index (χ1v) is 7.57. The minimum Gasteiger partial charge on any atom is -0.489 e. The van der Waals surface area contributed by atoms with Gasteiger partial charge in [-0.15, -0.1) is 0 Å². The first-order chi connectivity index (χ1) is 11.0. The van der Waals surface area contributed by atoms with Crippen LogP contribution in [0.15, 0.2) is 36.9 Å². The van der Waals surface area contributed by atoms with Gasteiger partial charge in [0.25, 0.3) is 0 Å². The molecule has 126 valence electrons. The molecule has 0 aromatic heterocycles. The van der Waals surface area contributed by atoms with E-state index in [1.54, 1.807) is 6.08 Å². The molecule has 0 aliphatic rings.